The molecule has 0 unspecified atom stereocenters. The monoisotopic (exact) mass is 315 g/mol. The van der Waals surface area contributed by atoms with Crippen molar-refractivity contribution in [3.8, 4) is 0 Å². The molecule has 6 heteroatoms. The van der Waals surface area contributed by atoms with Crippen LogP contribution in [0.2, 0.25) is 0 Å². The van der Waals surface area contributed by atoms with E-state index in [9.17, 15) is 4.79 Å². The van der Waals surface area contributed by atoms with Crippen molar-refractivity contribution in [2.24, 2.45) is 5.73 Å². The van der Waals surface area contributed by atoms with Crippen molar-refractivity contribution < 1.29 is 4.79 Å². The van der Waals surface area contributed by atoms with Crippen molar-refractivity contribution in [3.05, 3.63) is 42.7 Å². The fourth-order valence-corrected chi connectivity index (χ4v) is 3.39. The maximum absolute atomic E-state index is 11.1. The molecule has 3 rings (SSSR count). The fraction of sp³-hybridized carbons (Fsp3) is 0.529. The summed E-state index contributed by atoms with van der Waals surface area (Å²) in [4.78, 5) is 18.1. The van der Waals surface area contributed by atoms with Gasteiger partial charge in [0.1, 0.15) is 12.4 Å². The van der Waals surface area contributed by atoms with E-state index in [0.29, 0.717) is 5.92 Å². The van der Waals surface area contributed by atoms with E-state index >= 15 is 0 Å². The fourth-order valence-electron chi connectivity index (χ4n) is 3.39. The maximum Gasteiger partial charge on any atom is 0.237 e. The third-order valence-electron chi connectivity index (χ3n) is 4.58. The summed E-state index contributed by atoms with van der Waals surface area (Å²) in [6.45, 7) is 4.64. The molecule has 1 saturated heterocycles. The normalized spacial score (nSPS) is 16.7. The largest absolute Gasteiger partial charge is 0.368 e. The highest BCUT2D eigenvalue weighted by molar-refractivity contribution is 5.73. The number of aryl methyl sites for hydroxylation is 1. The number of imidazole rings is 1. The van der Waals surface area contributed by atoms with E-state index in [2.05, 4.69) is 39.0 Å². The molecule has 6 nitrogen and oxygen atoms in total. The molecular weight excluding hydrogens is 290 g/mol. The zero-order valence-electron chi connectivity index (χ0n) is 13.5. The second kappa shape index (κ2) is 7.46. The topological polar surface area (TPSA) is 69.1 Å². The summed E-state index contributed by atoms with van der Waals surface area (Å²) in [6.07, 6.45) is 11.2. The molecule has 0 saturated carbocycles. The lowest BCUT2D eigenvalue weighted by Crippen LogP contribution is -2.35. The first-order chi connectivity index (χ1) is 11.2. The van der Waals surface area contributed by atoms with Crippen LogP contribution in [0.5, 0.6) is 0 Å². The van der Waals surface area contributed by atoms with Crippen molar-refractivity contribution in [3.63, 3.8) is 0 Å². The Kier molecular flexibility index (Phi) is 5.12. The average molecular weight is 315 g/mol. The Morgan fingerprint density at radius 3 is 2.61 bits per heavy atom. The number of primary amides is 1. The summed E-state index contributed by atoms with van der Waals surface area (Å²) in [5.41, 5.74) is 5.30. The first-order valence-corrected chi connectivity index (χ1v) is 8.35. The van der Waals surface area contributed by atoms with E-state index in [1.807, 2.05) is 10.8 Å². The Morgan fingerprint density at radius 2 is 1.91 bits per heavy atom. The van der Waals surface area contributed by atoms with Crippen molar-refractivity contribution >= 4 is 5.91 Å². The molecule has 1 aliphatic heterocycles. The molecule has 0 spiro atoms. The first kappa shape index (κ1) is 15.8. The summed E-state index contributed by atoms with van der Waals surface area (Å²) < 4.78 is 4.13. The third kappa shape index (κ3) is 4.22. The predicted octanol–water partition coefficient (Wildman–Crippen LogP) is 1.44. The lowest BCUT2D eigenvalue weighted by Gasteiger charge is -2.31. The Labute approximate surface area is 136 Å². The van der Waals surface area contributed by atoms with E-state index < -0.39 is 0 Å². The number of carbonyl (C=O) groups is 1. The molecule has 2 aromatic rings. The number of hydrogen-bond donors (Lipinski definition) is 1. The number of carbonyl (C=O) groups excluding carboxylic acids is 1. The number of rotatable bonds is 7. The summed E-state index contributed by atoms with van der Waals surface area (Å²) in [6, 6.07) is 4.14. The SMILES string of the molecule is NC(=O)Cn1ccnc1C1CCN(CCCn2cccc2)CC1. The van der Waals surface area contributed by atoms with Gasteiger partial charge in [0, 0.05) is 37.3 Å². The van der Waals surface area contributed by atoms with Gasteiger partial charge in [-0.3, -0.25) is 4.79 Å². The quantitative estimate of drug-likeness (QED) is 0.840. The van der Waals surface area contributed by atoms with Crippen LogP contribution in [0, 0.1) is 0 Å². The second-order valence-electron chi connectivity index (χ2n) is 6.27. The van der Waals surface area contributed by atoms with Gasteiger partial charge in [-0.05, 0) is 51.0 Å². The Hall–Kier alpha value is -2.08. The minimum Gasteiger partial charge on any atom is -0.368 e. The van der Waals surface area contributed by atoms with Crippen LogP contribution in [0.3, 0.4) is 0 Å². The van der Waals surface area contributed by atoms with Crippen LogP contribution in [0.4, 0.5) is 0 Å². The summed E-state index contributed by atoms with van der Waals surface area (Å²) >= 11 is 0. The van der Waals surface area contributed by atoms with Crippen LogP contribution < -0.4 is 5.73 Å². The molecule has 3 heterocycles. The van der Waals surface area contributed by atoms with Crippen molar-refractivity contribution in [1.82, 2.24) is 19.0 Å². The molecule has 2 N–H and O–H groups in total. The minimum atomic E-state index is -0.313. The Bertz CT molecular complexity index is 611. The van der Waals surface area contributed by atoms with Crippen LogP contribution >= 0.6 is 0 Å². The smallest absolute Gasteiger partial charge is 0.237 e. The lowest BCUT2D eigenvalue weighted by atomic mass is 9.95. The number of amides is 1. The van der Waals surface area contributed by atoms with Crippen molar-refractivity contribution in [2.45, 2.75) is 38.3 Å². The highest BCUT2D eigenvalue weighted by Gasteiger charge is 2.23. The van der Waals surface area contributed by atoms with Gasteiger partial charge in [-0.15, -0.1) is 0 Å². The zero-order valence-corrected chi connectivity index (χ0v) is 13.5. The standard InChI is InChI=1S/C17H25N5O/c18-16(23)14-22-13-6-19-17(22)15-4-11-21(12-5-15)10-3-9-20-7-1-2-8-20/h1-2,6-8,13,15H,3-5,9-12,14H2,(H2,18,23). The number of nitrogens with zero attached hydrogens (tertiary/aromatic N) is 4. The minimum absolute atomic E-state index is 0.229. The third-order valence-corrected chi connectivity index (χ3v) is 4.58. The highest BCUT2D eigenvalue weighted by Crippen LogP contribution is 2.26. The Balaban J connectivity index is 1.45. The van der Waals surface area contributed by atoms with Gasteiger partial charge in [0.2, 0.25) is 5.91 Å². The molecular formula is C17H25N5O. The average Bonchev–Trinajstić information content (AvgIpc) is 3.19. The van der Waals surface area contributed by atoms with Gasteiger partial charge < -0.3 is 19.8 Å². The van der Waals surface area contributed by atoms with E-state index in [4.69, 9.17) is 5.73 Å². The molecule has 1 amide bonds. The lowest BCUT2D eigenvalue weighted by molar-refractivity contribution is -0.118. The van der Waals surface area contributed by atoms with Crippen molar-refractivity contribution in [1.29, 1.82) is 0 Å². The van der Waals surface area contributed by atoms with Gasteiger partial charge in [-0.2, -0.15) is 0 Å². The molecule has 124 valence electrons. The summed E-state index contributed by atoms with van der Waals surface area (Å²) in [7, 11) is 0. The zero-order chi connectivity index (χ0) is 16.1. The van der Waals surface area contributed by atoms with E-state index in [1.54, 1.807) is 6.20 Å². The van der Waals surface area contributed by atoms with Crippen LogP contribution in [-0.4, -0.2) is 44.6 Å². The molecule has 0 aromatic carbocycles. The molecule has 0 bridgehead atoms. The number of nitrogens with two attached hydrogens (primary N) is 1. The molecule has 0 aliphatic carbocycles. The van der Waals surface area contributed by atoms with Crippen molar-refractivity contribution in [2.75, 3.05) is 19.6 Å². The van der Waals surface area contributed by atoms with Gasteiger partial charge >= 0.3 is 0 Å². The van der Waals surface area contributed by atoms with E-state index in [-0.39, 0.29) is 12.5 Å². The second-order valence-corrected chi connectivity index (χ2v) is 6.27. The molecule has 0 atom stereocenters. The van der Waals surface area contributed by atoms with Gasteiger partial charge in [0.25, 0.3) is 0 Å². The molecule has 1 aliphatic rings. The van der Waals surface area contributed by atoms with Gasteiger partial charge in [-0.1, -0.05) is 0 Å². The number of hydrogen-bond acceptors (Lipinski definition) is 3. The summed E-state index contributed by atoms with van der Waals surface area (Å²) in [5.74, 6) is 1.13. The van der Waals surface area contributed by atoms with E-state index in [0.717, 1.165) is 44.8 Å². The first-order valence-electron chi connectivity index (χ1n) is 8.35. The van der Waals surface area contributed by atoms with Crippen LogP contribution in [-0.2, 0) is 17.9 Å². The molecule has 23 heavy (non-hydrogen) atoms. The number of piperidine rings is 1. The van der Waals surface area contributed by atoms with Gasteiger partial charge in [0.15, 0.2) is 0 Å². The number of aromatic nitrogens is 3. The van der Waals surface area contributed by atoms with Crippen LogP contribution in [0.1, 0.15) is 31.0 Å². The molecule has 1 fully saturated rings. The highest BCUT2D eigenvalue weighted by atomic mass is 16.1. The maximum atomic E-state index is 11.1. The van der Waals surface area contributed by atoms with E-state index in [1.165, 1.54) is 6.42 Å². The predicted molar refractivity (Wildman–Crippen MR) is 88.9 cm³/mol. The Morgan fingerprint density at radius 1 is 1.17 bits per heavy atom. The number of likely N-dealkylation sites (tertiary alicyclic amines) is 1. The molecule has 0 radical (unpaired) electrons. The van der Waals surface area contributed by atoms with Gasteiger partial charge in [0.05, 0.1) is 0 Å². The van der Waals surface area contributed by atoms with Crippen LogP contribution in [0.25, 0.3) is 0 Å². The summed E-state index contributed by atoms with van der Waals surface area (Å²) in [5, 5.41) is 0. The molecule has 2 aromatic heterocycles. The van der Waals surface area contributed by atoms with Gasteiger partial charge in [-0.25, -0.2) is 4.98 Å². The van der Waals surface area contributed by atoms with Crippen LogP contribution in [0.15, 0.2) is 36.9 Å².